The van der Waals surface area contributed by atoms with Crippen LogP contribution in [-0.2, 0) is 10.0 Å². The molecule has 1 atom stereocenters. The van der Waals surface area contributed by atoms with Crippen molar-refractivity contribution < 1.29 is 22.1 Å². The van der Waals surface area contributed by atoms with Crippen LogP contribution in [-0.4, -0.2) is 40.3 Å². The molecule has 1 unspecified atom stereocenters. The fraction of sp³-hybridized carbons (Fsp3) is 0.409. The van der Waals surface area contributed by atoms with Gasteiger partial charge in [0.05, 0.1) is 26.9 Å². The van der Waals surface area contributed by atoms with Crippen molar-refractivity contribution in [3.05, 3.63) is 58.4 Å². The van der Waals surface area contributed by atoms with Crippen molar-refractivity contribution in [2.24, 2.45) is 5.92 Å². The summed E-state index contributed by atoms with van der Waals surface area (Å²) in [6.45, 7) is 1.47. The third-order valence-electron chi connectivity index (χ3n) is 6.12. The van der Waals surface area contributed by atoms with Crippen molar-refractivity contribution in [2.75, 3.05) is 18.4 Å². The van der Waals surface area contributed by atoms with Crippen molar-refractivity contribution in [1.82, 2.24) is 13.9 Å². The number of aromatic nitrogens is 2. The number of hydrogen-bond acceptors (Lipinski definition) is 6. The first kappa shape index (κ1) is 24.0. The predicted molar refractivity (Wildman–Crippen MR) is 123 cm³/mol. The molecule has 0 saturated carbocycles. The summed E-state index contributed by atoms with van der Waals surface area (Å²) in [6, 6.07) is 9.21. The molecular weight excluding hydrogens is 468 g/mol. The Hall–Kier alpha value is -3.12. The standard InChI is InChI=1S/C22H25F2N5O4S/c1-14-9-11-27(12-10-14)34(32,33)16-7-8-18(20(13-16)29(30)31)25-15(2)21-26-17-5-3-4-6-19(17)28(21)22(23)24/h3-8,13-15,22,25H,9-12H2,1-2H3. The number of hydrogen-bond donors (Lipinski definition) is 1. The van der Waals surface area contributed by atoms with Gasteiger partial charge in [-0.3, -0.25) is 14.7 Å². The van der Waals surface area contributed by atoms with E-state index in [1.165, 1.54) is 22.5 Å². The zero-order chi connectivity index (χ0) is 24.6. The van der Waals surface area contributed by atoms with Crippen LogP contribution in [0.4, 0.5) is 20.2 Å². The van der Waals surface area contributed by atoms with Gasteiger partial charge in [-0.15, -0.1) is 0 Å². The van der Waals surface area contributed by atoms with Gasteiger partial charge in [0.1, 0.15) is 11.5 Å². The van der Waals surface area contributed by atoms with Gasteiger partial charge in [0.15, 0.2) is 0 Å². The lowest BCUT2D eigenvalue weighted by Gasteiger charge is -2.29. The van der Waals surface area contributed by atoms with Gasteiger partial charge in [0.2, 0.25) is 10.0 Å². The molecule has 9 nitrogen and oxygen atoms in total. The summed E-state index contributed by atoms with van der Waals surface area (Å²) in [5.41, 5.74) is 0.167. The number of nitro groups is 1. The average Bonchev–Trinajstić information content (AvgIpc) is 3.19. The van der Waals surface area contributed by atoms with E-state index in [2.05, 4.69) is 17.2 Å². The smallest absolute Gasteiger partial charge is 0.320 e. The van der Waals surface area contributed by atoms with E-state index in [0.717, 1.165) is 23.5 Å². The zero-order valence-electron chi connectivity index (χ0n) is 18.7. The minimum absolute atomic E-state index is 0.00429. The van der Waals surface area contributed by atoms with Crippen LogP contribution in [0.5, 0.6) is 0 Å². The number of anilines is 1. The maximum absolute atomic E-state index is 13.8. The zero-order valence-corrected chi connectivity index (χ0v) is 19.5. The summed E-state index contributed by atoms with van der Waals surface area (Å²) < 4.78 is 55.8. The molecule has 1 aromatic heterocycles. The van der Waals surface area contributed by atoms with Gasteiger partial charge in [-0.2, -0.15) is 13.1 Å². The topological polar surface area (TPSA) is 110 Å². The molecule has 34 heavy (non-hydrogen) atoms. The SMILES string of the molecule is CC1CCN(S(=O)(=O)c2ccc(NC(C)c3nc4ccccc4n3C(F)F)c([N+](=O)[O-])c2)CC1. The van der Waals surface area contributed by atoms with Crippen LogP contribution in [0.25, 0.3) is 11.0 Å². The molecule has 0 bridgehead atoms. The van der Waals surface area contributed by atoms with E-state index in [1.54, 1.807) is 25.1 Å². The number of nitro benzene ring substituents is 1. The number of imidazole rings is 1. The van der Waals surface area contributed by atoms with Gasteiger partial charge in [-0.1, -0.05) is 19.1 Å². The Balaban J connectivity index is 1.66. The van der Waals surface area contributed by atoms with Crippen LogP contribution >= 0.6 is 0 Å². The number of halogens is 2. The molecule has 1 aliphatic heterocycles. The predicted octanol–water partition coefficient (Wildman–Crippen LogP) is 4.93. The van der Waals surface area contributed by atoms with Crippen molar-refractivity contribution in [2.45, 2.75) is 44.2 Å². The lowest BCUT2D eigenvalue weighted by Crippen LogP contribution is -2.37. The van der Waals surface area contributed by atoms with Crippen LogP contribution in [0.15, 0.2) is 47.4 Å². The second kappa shape index (κ2) is 9.26. The number of piperidine rings is 1. The molecule has 0 aliphatic carbocycles. The highest BCUT2D eigenvalue weighted by molar-refractivity contribution is 7.89. The van der Waals surface area contributed by atoms with Crippen LogP contribution in [0.1, 0.15) is 45.1 Å². The number of benzene rings is 2. The summed E-state index contributed by atoms with van der Waals surface area (Å²) in [5, 5.41) is 14.6. The van der Waals surface area contributed by atoms with E-state index < -0.39 is 33.2 Å². The van der Waals surface area contributed by atoms with E-state index in [9.17, 15) is 27.3 Å². The first-order valence-corrected chi connectivity index (χ1v) is 12.3. The molecule has 3 aromatic rings. The quantitative estimate of drug-likeness (QED) is 0.369. The second-order valence-electron chi connectivity index (χ2n) is 8.50. The number of para-hydroxylation sites is 2. The highest BCUT2D eigenvalue weighted by atomic mass is 32.2. The number of fused-ring (bicyclic) bond motifs is 1. The van der Waals surface area contributed by atoms with E-state index in [4.69, 9.17) is 0 Å². The lowest BCUT2D eigenvalue weighted by molar-refractivity contribution is -0.384. The highest BCUT2D eigenvalue weighted by Gasteiger charge is 2.31. The van der Waals surface area contributed by atoms with Gasteiger partial charge in [-0.25, -0.2) is 13.4 Å². The van der Waals surface area contributed by atoms with Crippen LogP contribution in [0.3, 0.4) is 0 Å². The molecule has 0 spiro atoms. The Labute approximate surface area is 195 Å². The molecule has 0 amide bonds. The Morgan fingerprint density at radius 3 is 2.50 bits per heavy atom. The lowest BCUT2D eigenvalue weighted by atomic mass is 10.0. The Morgan fingerprint density at radius 2 is 1.85 bits per heavy atom. The van der Waals surface area contributed by atoms with Gasteiger partial charge in [0, 0.05) is 19.2 Å². The minimum atomic E-state index is -3.89. The second-order valence-corrected chi connectivity index (χ2v) is 10.4. The third kappa shape index (κ3) is 4.47. The molecule has 1 aliphatic rings. The third-order valence-corrected chi connectivity index (χ3v) is 8.02. The van der Waals surface area contributed by atoms with Crippen LogP contribution in [0, 0.1) is 16.0 Å². The van der Waals surface area contributed by atoms with E-state index in [1.807, 2.05) is 0 Å². The first-order chi connectivity index (χ1) is 16.1. The Kier molecular flexibility index (Phi) is 6.54. The maximum Gasteiger partial charge on any atom is 0.320 e. The molecule has 1 N–H and O–H groups in total. The van der Waals surface area contributed by atoms with Crippen molar-refractivity contribution in [3.63, 3.8) is 0 Å². The normalized spacial score (nSPS) is 16.7. The monoisotopic (exact) mass is 493 g/mol. The number of nitrogens with zero attached hydrogens (tertiary/aromatic N) is 4. The van der Waals surface area contributed by atoms with Crippen LogP contribution < -0.4 is 5.32 Å². The van der Waals surface area contributed by atoms with Crippen molar-refractivity contribution >= 4 is 32.4 Å². The average molecular weight is 494 g/mol. The number of rotatable bonds is 7. The summed E-state index contributed by atoms with van der Waals surface area (Å²) in [5.74, 6) is 0.427. The van der Waals surface area contributed by atoms with Crippen LogP contribution in [0.2, 0.25) is 0 Å². The molecule has 1 saturated heterocycles. The fourth-order valence-corrected chi connectivity index (χ4v) is 5.68. The van der Waals surface area contributed by atoms with Gasteiger partial charge >= 0.3 is 6.55 Å². The highest BCUT2D eigenvalue weighted by Crippen LogP contribution is 2.34. The molecule has 0 radical (unpaired) electrons. The molecular formula is C22H25F2N5O4S. The molecule has 4 rings (SSSR count). The minimum Gasteiger partial charge on any atom is -0.370 e. The molecule has 2 heterocycles. The molecule has 2 aromatic carbocycles. The fourth-order valence-electron chi connectivity index (χ4n) is 4.19. The Morgan fingerprint density at radius 1 is 1.18 bits per heavy atom. The molecule has 12 heteroatoms. The summed E-state index contributed by atoms with van der Waals surface area (Å²) in [4.78, 5) is 15.2. The molecule has 1 fully saturated rings. The van der Waals surface area contributed by atoms with Crippen molar-refractivity contribution in [3.8, 4) is 0 Å². The summed E-state index contributed by atoms with van der Waals surface area (Å²) in [6.07, 6.45) is 1.45. The first-order valence-electron chi connectivity index (χ1n) is 10.9. The van der Waals surface area contributed by atoms with Gasteiger partial charge in [-0.05, 0) is 49.9 Å². The molecule has 182 valence electrons. The van der Waals surface area contributed by atoms with E-state index >= 15 is 0 Å². The number of nitrogens with one attached hydrogen (secondary N) is 1. The van der Waals surface area contributed by atoms with Gasteiger partial charge < -0.3 is 5.32 Å². The van der Waals surface area contributed by atoms with Gasteiger partial charge in [0.25, 0.3) is 5.69 Å². The maximum atomic E-state index is 13.8. The number of sulfonamides is 1. The summed E-state index contributed by atoms with van der Waals surface area (Å²) >= 11 is 0. The number of alkyl halides is 2. The van der Waals surface area contributed by atoms with E-state index in [0.29, 0.717) is 24.5 Å². The largest absolute Gasteiger partial charge is 0.370 e. The summed E-state index contributed by atoms with van der Waals surface area (Å²) in [7, 11) is -3.89. The Bertz CT molecular complexity index is 1320. The van der Waals surface area contributed by atoms with E-state index in [-0.39, 0.29) is 21.9 Å². The van der Waals surface area contributed by atoms with Crippen molar-refractivity contribution in [1.29, 1.82) is 0 Å².